The lowest BCUT2D eigenvalue weighted by molar-refractivity contribution is -0.123. The number of ketones is 1. The summed E-state index contributed by atoms with van der Waals surface area (Å²) in [5, 5.41) is 0. The van der Waals surface area contributed by atoms with E-state index in [2.05, 4.69) is 19.1 Å². The van der Waals surface area contributed by atoms with Gasteiger partial charge in [-0.25, -0.2) is 0 Å². The number of carbonyl (C=O) groups is 1. The zero-order valence-corrected chi connectivity index (χ0v) is 9.99. The van der Waals surface area contributed by atoms with Crippen molar-refractivity contribution < 1.29 is 4.79 Å². The van der Waals surface area contributed by atoms with E-state index >= 15 is 0 Å². The number of rotatable bonds is 3. The first-order chi connectivity index (χ1) is 7.66. The third-order valence-electron chi connectivity index (χ3n) is 3.92. The lowest BCUT2D eigenvalue weighted by Crippen LogP contribution is -2.21. The number of nitrogens with two attached hydrogens (primary N) is 1. The molecule has 0 amide bonds. The molecule has 0 heterocycles. The predicted octanol–water partition coefficient (Wildman–Crippen LogP) is 2.80. The molecule has 2 rings (SSSR count). The van der Waals surface area contributed by atoms with Gasteiger partial charge in [0, 0.05) is 18.0 Å². The van der Waals surface area contributed by atoms with Crippen molar-refractivity contribution in [3.8, 4) is 0 Å². The van der Waals surface area contributed by atoms with Crippen molar-refractivity contribution in [2.24, 2.45) is 23.5 Å². The lowest BCUT2D eigenvalue weighted by atomic mass is 9.82. The van der Waals surface area contributed by atoms with Gasteiger partial charge in [-0.15, -0.1) is 0 Å². The van der Waals surface area contributed by atoms with Gasteiger partial charge in [0.1, 0.15) is 5.78 Å². The number of hydrogen-bond acceptors (Lipinski definition) is 2. The SMILES string of the molecule is CC1C=CC(N)=CC1CC(=O)C1CCCC1. The minimum atomic E-state index is 0.318. The fourth-order valence-corrected chi connectivity index (χ4v) is 2.75. The van der Waals surface area contributed by atoms with Crippen LogP contribution in [0.4, 0.5) is 0 Å². The molecule has 0 aromatic heterocycles. The Bertz CT molecular complexity index is 324. The largest absolute Gasteiger partial charge is 0.399 e. The summed E-state index contributed by atoms with van der Waals surface area (Å²) in [6.45, 7) is 2.16. The van der Waals surface area contributed by atoms with Crippen LogP contribution in [0, 0.1) is 17.8 Å². The third kappa shape index (κ3) is 2.55. The molecule has 0 saturated heterocycles. The number of allylic oxidation sites excluding steroid dienone is 3. The summed E-state index contributed by atoms with van der Waals surface area (Å²) in [5.74, 6) is 1.55. The van der Waals surface area contributed by atoms with Gasteiger partial charge in [-0.2, -0.15) is 0 Å². The second-order valence-corrected chi connectivity index (χ2v) is 5.20. The third-order valence-corrected chi connectivity index (χ3v) is 3.92. The van der Waals surface area contributed by atoms with Crippen LogP contribution >= 0.6 is 0 Å². The average molecular weight is 219 g/mol. The van der Waals surface area contributed by atoms with Crippen molar-refractivity contribution in [1.82, 2.24) is 0 Å². The van der Waals surface area contributed by atoms with Crippen LogP contribution in [-0.4, -0.2) is 5.78 Å². The number of carbonyl (C=O) groups excluding carboxylic acids is 1. The molecule has 0 aromatic rings. The van der Waals surface area contributed by atoms with Gasteiger partial charge >= 0.3 is 0 Å². The highest BCUT2D eigenvalue weighted by molar-refractivity contribution is 5.81. The molecular formula is C14H21NO. The van der Waals surface area contributed by atoms with Gasteiger partial charge in [0.15, 0.2) is 0 Å². The van der Waals surface area contributed by atoms with Crippen molar-refractivity contribution in [2.45, 2.75) is 39.0 Å². The second kappa shape index (κ2) is 4.86. The Labute approximate surface area is 97.6 Å². The van der Waals surface area contributed by atoms with Gasteiger partial charge in [-0.1, -0.05) is 31.9 Å². The molecule has 2 N–H and O–H groups in total. The molecular weight excluding hydrogens is 198 g/mol. The Morgan fingerprint density at radius 2 is 2.12 bits per heavy atom. The molecule has 1 fully saturated rings. The van der Waals surface area contributed by atoms with Crippen molar-refractivity contribution in [3.63, 3.8) is 0 Å². The molecule has 2 unspecified atom stereocenters. The molecule has 0 aliphatic heterocycles. The summed E-state index contributed by atoms with van der Waals surface area (Å²) in [4.78, 5) is 12.1. The highest BCUT2D eigenvalue weighted by Gasteiger charge is 2.26. The average Bonchev–Trinajstić information content (AvgIpc) is 2.76. The summed E-state index contributed by atoms with van der Waals surface area (Å²) < 4.78 is 0. The fourth-order valence-electron chi connectivity index (χ4n) is 2.75. The van der Waals surface area contributed by atoms with Crippen molar-refractivity contribution in [1.29, 1.82) is 0 Å². The number of Topliss-reactive ketones (excluding diaryl/α,β-unsaturated/α-hetero) is 1. The molecule has 0 bridgehead atoms. The van der Waals surface area contributed by atoms with Crippen LogP contribution in [0.1, 0.15) is 39.0 Å². The van der Waals surface area contributed by atoms with Gasteiger partial charge in [-0.3, -0.25) is 4.79 Å². The first kappa shape index (κ1) is 11.4. The molecule has 1 saturated carbocycles. The topological polar surface area (TPSA) is 43.1 Å². The van der Waals surface area contributed by atoms with E-state index in [-0.39, 0.29) is 0 Å². The summed E-state index contributed by atoms with van der Waals surface area (Å²) in [6, 6.07) is 0. The Hall–Kier alpha value is -1.05. The molecule has 2 heteroatoms. The zero-order chi connectivity index (χ0) is 11.5. The maximum Gasteiger partial charge on any atom is 0.136 e. The zero-order valence-electron chi connectivity index (χ0n) is 9.99. The van der Waals surface area contributed by atoms with Gasteiger partial charge < -0.3 is 5.73 Å². The molecule has 2 nitrogen and oxygen atoms in total. The van der Waals surface area contributed by atoms with Crippen LogP contribution in [0.3, 0.4) is 0 Å². The van der Waals surface area contributed by atoms with Crippen LogP contribution in [-0.2, 0) is 4.79 Å². The molecule has 0 spiro atoms. The smallest absolute Gasteiger partial charge is 0.136 e. The van der Waals surface area contributed by atoms with Crippen molar-refractivity contribution in [2.75, 3.05) is 0 Å². The van der Waals surface area contributed by atoms with Crippen LogP contribution in [0.15, 0.2) is 23.9 Å². The van der Waals surface area contributed by atoms with E-state index in [1.54, 1.807) is 0 Å². The molecule has 2 atom stereocenters. The molecule has 2 aliphatic rings. The summed E-state index contributed by atoms with van der Waals surface area (Å²) >= 11 is 0. The van der Waals surface area contributed by atoms with Crippen LogP contribution in [0.2, 0.25) is 0 Å². The van der Waals surface area contributed by atoms with Crippen LogP contribution in [0.25, 0.3) is 0 Å². The Morgan fingerprint density at radius 3 is 2.81 bits per heavy atom. The van der Waals surface area contributed by atoms with E-state index in [4.69, 9.17) is 5.73 Å². The van der Waals surface area contributed by atoms with Crippen molar-refractivity contribution in [3.05, 3.63) is 23.9 Å². The van der Waals surface area contributed by atoms with E-state index in [1.165, 1.54) is 12.8 Å². The van der Waals surface area contributed by atoms with Gasteiger partial charge in [0.05, 0.1) is 0 Å². The predicted molar refractivity (Wildman–Crippen MR) is 65.6 cm³/mol. The summed E-state index contributed by atoms with van der Waals surface area (Å²) in [6.07, 6.45) is 11.5. The van der Waals surface area contributed by atoms with E-state index in [9.17, 15) is 4.79 Å². The van der Waals surface area contributed by atoms with E-state index in [0.717, 1.165) is 18.5 Å². The first-order valence-corrected chi connectivity index (χ1v) is 6.35. The quantitative estimate of drug-likeness (QED) is 0.793. The standard InChI is InChI=1S/C14H21NO/c1-10-6-7-13(15)8-12(10)9-14(16)11-4-2-3-5-11/h6-8,10-12H,2-5,9,15H2,1H3. The van der Waals surface area contributed by atoms with Gasteiger partial charge in [-0.05, 0) is 30.8 Å². The van der Waals surface area contributed by atoms with E-state index in [1.807, 2.05) is 6.08 Å². The van der Waals surface area contributed by atoms with E-state index in [0.29, 0.717) is 30.0 Å². The van der Waals surface area contributed by atoms with E-state index < -0.39 is 0 Å². The lowest BCUT2D eigenvalue weighted by Gasteiger charge is -2.22. The maximum absolute atomic E-state index is 12.1. The maximum atomic E-state index is 12.1. The normalized spacial score (nSPS) is 30.4. The molecule has 88 valence electrons. The monoisotopic (exact) mass is 219 g/mol. The molecule has 0 radical (unpaired) electrons. The molecule has 2 aliphatic carbocycles. The highest BCUT2D eigenvalue weighted by atomic mass is 16.1. The Kier molecular flexibility index (Phi) is 3.47. The fraction of sp³-hybridized carbons (Fsp3) is 0.643. The minimum absolute atomic E-state index is 0.318. The summed E-state index contributed by atoms with van der Waals surface area (Å²) in [7, 11) is 0. The minimum Gasteiger partial charge on any atom is -0.399 e. The van der Waals surface area contributed by atoms with Crippen LogP contribution in [0.5, 0.6) is 0 Å². The first-order valence-electron chi connectivity index (χ1n) is 6.35. The number of hydrogen-bond donors (Lipinski definition) is 1. The Morgan fingerprint density at radius 1 is 1.44 bits per heavy atom. The second-order valence-electron chi connectivity index (χ2n) is 5.20. The highest BCUT2D eigenvalue weighted by Crippen LogP contribution is 2.31. The molecule has 0 aromatic carbocycles. The van der Waals surface area contributed by atoms with Crippen LogP contribution < -0.4 is 5.73 Å². The Balaban J connectivity index is 1.93. The molecule has 16 heavy (non-hydrogen) atoms. The summed E-state index contributed by atoms with van der Waals surface area (Å²) in [5.41, 5.74) is 6.59. The van der Waals surface area contributed by atoms with Gasteiger partial charge in [0.25, 0.3) is 0 Å². The van der Waals surface area contributed by atoms with Gasteiger partial charge in [0.2, 0.25) is 0 Å². The van der Waals surface area contributed by atoms with Crippen molar-refractivity contribution >= 4 is 5.78 Å².